The Balaban J connectivity index is 1.64. The number of benzene rings is 1. The number of nitrogens with one attached hydrogen (secondary N) is 3. The third-order valence-electron chi connectivity index (χ3n) is 4.10. The van der Waals surface area contributed by atoms with Crippen molar-refractivity contribution in [1.82, 2.24) is 25.1 Å². The first kappa shape index (κ1) is 19.8. The maximum atomic E-state index is 12.6. The molecule has 0 saturated heterocycles. The van der Waals surface area contributed by atoms with Crippen molar-refractivity contribution in [2.24, 2.45) is 0 Å². The summed E-state index contributed by atoms with van der Waals surface area (Å²) < 4.78 is 13.3. The molecule has 0 aliphatic heterocycles. The lowest BCUT2D eigenvalue weighted by Gasteiger charge is -2.15. The highest BCUT2D eigenvalue weighted by molar-refractivity contribution is 9.10. The van der Waals surface area contributed by atoms with Gasteiger partial charge in [-0.1, -0.05) is 23.7 Å². The molecule has 0 spiro atoms. The van der Waals surface area contributed by atoms with Crippen molar-refractivity contribution in [2.75, 3.05) is 24.0 Å². The molecular formula is C18H16BrClN7OP. The molecule has 3 aromatic heterocycles. The maximum Gasteiger partial charge on any atom is 0.229 e. The van der Waals surface area contributed by atoms with E-state index in [0.29, 0.717) is 33.8 Å². The molecule has 0 saturated carbocycles. The highest BCUT2D eigenvalue weighted by Gasteiger charge is 2.17. The molecule has 0 aliphatic carbocycles. The summed E-state index contributed by atoms with van der Waals surface area (Å²) in [7, 11) is -2.48. The van der Waals surface area contributed by atoms with Gasteiger partial charge in [0.2, 0.25) is 5.95 Å². The molecule has 4 aromatic rings. The van der Waals surface area contributed by atoms with Crippen LogP contribution in [-0.2, 0) is 4.57 Å². The van der Waals surface area contributed by atoms with Crippen LogP contribution in [0.1, 0.15) is 0 Å². The molecule has 0 fully saturated rings. The molecule has 3 N–H and O–H groups in total. The number of anilines is 4. The number of pyridine rings is 1. The lowest BCUT2D eigenvalue weighted by atomic mass is 10.3. The summed E-state index contributed by atoms with van der Waals surface area (Å²) in [6, 6.07) is 9.27. The molecule has 0 atom stereocenters. The summed E-state index contributed by atoms with van der Waals surface area (Å²) in [4.78, 5) is 13.0. The van der Waals surface area contributed by atoms with Crippen molar-refractivity contribution < 1.29 is 4.57 Å². The van der Waals surface area contributed by atoms with Crippen molar-refractivity contribution >= 4 is 74.2 Å². The number of fused-ring (bicyclic) bond motifs is 1. The SMILES string of the molecule is CP(C)(=O)c1ccccc1Nc1nc(Nc2cnc3n[nH]c(Br)c3c2)ncc1Cl. The smallest absolute Gasteiger partial charge is 0.229 e. The van der Waals surface area contributed by atoms with Crippen LogP contribution in [0.2, 0.25) is 5.02 Å². The molecule has 3 heterocycles. The first-order chi connectivity index (χ1) is 13.8. The van der Waals surface area contributed by atoms with Crippen molar-refractivity contribution in [2.45, 2.75) is 0 Å². The van der Waals surface area contributed by atoms with E-state index in [1.54, 1.807) is 19.5 Å². The summed E-state index contributed by atoms with van der Waals surface area (Å²) in [6.07, 6.45) is 3.14. The van der Waals surface area contributed by atoms with Gasteiger partial charge < -0.3 is 15.2 Å². The number of nitrogens with zero attached hydrogens (tertiary/aromatic N) is 4. The first-order valence-corrected chi connectivity index (χ1v) is 12.3. The van der Waals surface area contributed by atoms with Gasteiger partial charge in [0, 0.05) is 5.30 Å². The predicted octanol–water partition coefficient (Wildman–Crippen LogP) is 4.90. The lowest BCUT2D eigenvalue weighted by molar-refractivity contribution is 0.588. The third kappa shape index (κ3) is 4.27. The second-order valence-corrected chi connectivity index (χ2v) is 11.0. The molecule has 11 heteroatoms. The van der Waals surface area contributed by atoms with E-state index in [2.05, 4.69) is 51.7 Å². The van der Waals surface area contributed by atoms with E-state index in [0.717, 1.165) is 15.3 Å². The Morgan fingerprint density at radius 1 is 1.14 bits per heavy atom. The fourth-order valence-corrected chi connectivity index (χ4v) is 4.43. The van der Waals surface area contributed by atoms with Gasteiger partial charge in [0.25, 0.3) is 0 Å². The average molecular weight is 493 g/mol. The Bertz CT molecular complexity index is 1260. The number of rotatable bonds is 5. The molecule has 0 unspecified atom stereocenters. The Morgan fingerprint density at radius 2 is 1.93 bits per heavy atom. The number of hydrogen-bond donors (Lipinski definition) is 3. The zero-order valence-electron chi connectivity index (χ0n) is 15.4. The molecule has 1 aromatic carbocycles. The van der Waals surface area contributed by atoms with Gasteiger partial charge in [-0.25, -0.2) is 9.97 Å². The summed E-state index contributed by atoms with van der Waals surface area (Å²) >= 11 is 9.68. The third-order valence-corrected chi connectivity index (χ3v) is 6.53. The molecule has 29 heavy (non-hydrogen) atoms. The van der Waals surface area contributed by atoms with Crippen molar-refractivity contribution in [1.29, 1.82) is 0 Å². The largest absolute Gasteiger partial charge is 0.338 e. The van der Waals surface area contributed by atoms with Gasteiger partial charge in [-0.15, -0.1) is 0 Å². The number of H-pyrrole nitrogens is 1. The summed E-state index contributed by atoms with van der Waals surface area (Å²) in [5, 5.41) is 15.1. The quantitative estimate of drug-likeness (QED) is 0.340. The fraction of sp³-hybridized carbons (Fsp3) is 0.111. The zero-order chi connectivity index (χ0) is 20.6. The molecule has 0 radical (unpaired) electrons. The topological polar surface area (TPSA) is 108 Å². The van der Waals surface area contributed by atoms with Crippen LogP contribution >= 0.6 is 34.7 Å². The monoisotopic (exact) mass is 491 g/mol. The number of halogens is 2. The maximum absolute atomic E-state index is 12.6. The van der Waals surface area contributed by atoms with Crippen LogP contribution in [0, 0.1) is 0 Å². The highest BCUT2D eigenvalue weighted by atomic mass is 79.9. The van der Waals surface area contributed by atoms with Crippen LogP contribution < -0.4 is 15.9 Å². The van der Waals surface area contributed by atoms with Crippen LogP contribution in [0.25, 0.3) is 11.0 Å². The van der Waals surface area contributed by atoms with Gasteiger partial charge in [0.15, 0.2) is 11.5 Å². The molecule has 0 amide bonds. The van der Waals surface area contributed by atoms with Gasteiger partial charge in [-0.2, -0.15) is 10.1 Å². The molecule has 8 nitrogen and oxygen atoms in total. The number of aromatic amines is 1. The Labute approximate surface area is 180 Å². The van der Waals surface area contributed by atoms with E-state index in [9.17, 15) is 4.57 Å². The highest BCUT2D eigenvalue weighted by Crippen LogP contribution is 2.38. The fourth-order valence-electron chi connectivity index (χ4n) is 2.76. The second kappa shape index (κ2) is 7.74. The van der Waals surface area contributed by atoms with Crippen LogP contribution in [-0.4, -0.2) is 38.5 Å². The van der Waals surface area contributed by atoms with E-state index >= 15 is 0 Å². The first-order valence-electron chi connectivity index (χ1n) is 8.52. The van der Waals surface area contributed by atoms with Crippen LogP contribution in [0.3, 0.4) is 0 Å². The minimum atomic E-state index is -2.48. The summed E-state index contributed by atoms with van der Waals surface area (Å²) in [6.45, 7) is 3.44. The normalized spacial score (nSPS) is 11.6. The summed E-state index contributed by atoms with van der Waals surface area (Å²) in [5.41, 5.74) is 1.99. The minimum absolute atomic E-state index is 0.339. The summed E-state index contributed by atoms with van der Waals surface area (Å²) in [5.74, 6) is 0.745. The van der Waals surface area contributed by atoms with Crippen molar-refractivity contribution in [3.05, 3.63) is 52.4 Å². The van der Waals surface area contributed by atoms with Crippen LogP contribution in [0.5, 0.6) is 0 Å². The van der Waals surface area contributed by atoms with Crippen molar-refractivity contribution in [3.63, 3.8) is 0 Å². The number of para-hydroxylation sites is 1. The molecule has 0 bridgehead atoms. The predicted molar refractivity (Wildman–Crippen MR) is 121 cm³/mol. The lowest BCUT2D eigenvalue weighted by Crippen LogP contribution is -2.10. The van der Waals surface area contributed by atoms with Crippen LogP contribution in [0.15, 0.2) is 47.3 Å². The van der Waals surface area contributed by atoms with Gasteiger partial charge in [-0.3, -0.25) is 5.10 Å². The van der Waals surface area contributed by atoms with Gasteiger partial charge >= 0.3 is 0 Å². The van der Waals surface area contributed by atoms with Gasteiger partial charge in [0.05, 0.1) is 29.2 Å². The average Bonchev–Trinajstić information content (AvgIpc) is 3.05. The molecule has 0 aliphatic rings. The van der Waals surface area contributed by atoms with E-state index in [1.165, 1.54) is 6.20 Å². The van der Waals surface area contributed by atoms with Gasteiger partial charge in [-0.05, 0) is 47.5 Å². The standard InChI is InChI=1S/C18H16BrClN7OP/c1-29(2,28)14-6-4-3-5-13(14)24-17-12(20)9-22-18(25-17)23-10-7-11-15(19)26-27-16(11)21-8-10/h3-9H,1-2H3,(H,21,26,27)(H2,22,23,24,25). The molecule has 4 rings (SSSR count). The Hall–Kier alpha value is -2.48. The van der Waals surface area contributed by atoms with E-state index in [4.69, 9.17) is 11.6 Å². The van der Waals surface area contributed by atoms with E-state index < -0.39 is 7.14 Å². The Morgan fingerprint density at radius 3 is 2.72 bits per heavy atom. The number of hydrogen-bond acceptors (Lipinski definition) is 7. The van der Waals surface area contributed by atoms with E-state index in [-0.39, 0.29) is 0 Å². The molecular weight excluding hydrogens is 477 g/mol. The van der Waals surface area contributed by atoms with E-state index in [1.807, 2.05) is 30.3 Å². The molecule has 148 valence electrons. The number of aromatic nitrogens is 5. The van der Waals surface area contributed by atoms with Crippen molar-refractivity contribution in [3.8, 4) is 0 Å². The van der Waals surface area contributed by atoms with Crippen LogP contribution in [0.4, 0.5) is 23.1 Å². The second-order valence-electron chi connectivity index (χ2n) is 6.64. The minimum Gasteiger partial charge on any atom is -0.338 e. The zero-order valence-corrected chi connectivity index (χ0v) is 18.7. The Kier molecular flexibility index (Phi) is 5.29. The van der Waals surface area contributed by atoms with Gasteiger partial charge in [0.1, 0.15) is 16.8 Å².